The van der Waals surface area contributed by atoms with Crippen LogP contribution in [0.1, 0.15) is 0 Å². The molecule has 0 saturated carbocycles. The molecule has 0 bridgehead atoms. The zero-order valence-corrected chi connectivity index (χ0v) is 8.68. The molecule has 15 heavy (non-hydrogen) atoms. The number of pyridine rings is 2. The second kappa shape index (κ2) is 3.97. The molecule has 0 aliphatic rings. The van der Waals surface area contributed by atoms with Gasteiger partial charge in [0.15, 0.2) is 0 Å². The van der Waals surface area contributed by atoms with Crippen molar-refractivity contribution < 1.29 is 17.1 Å². The fourth-order valence-electron chi connectivity index (χ4n) is 1.64. The van der Waals surface area contributed by atoms with Gasteiger partial charge in [0.1, 0.15) is 0 Å². The minimum absolute atomic E-state index is 0. The Kier molecular flexibility index (Phi) is 2.67. The van der Waals surface area contributed by atoms with E-state index in [1.807, 2.05) is 36.4 Å². The van der Waals surface area contributed by atoms with Crippen molar-refractivity contribution in [1.82, 2.24) is 9.97 Å². The average molecular weight is 243 g/mol. The van der Waals surface area contributed by atoms with Gasteiger partial charge in [-0.1, -0.05) is 18.3 Å². The van der Waals surface area contributed by atoms with Crippen LogP contribution in [0.5, 0.6) is 0 Å². The van der Waals surface area contributed by atoms with E-state index in [9.17, 15) is 0 Å². The van der Waals surface area contributed by atoms with Crippen LogP contribution < -0.4 is 0 Å². The van der Waals surface area contributed by atoms with Crippen molar-refractivity contribution in [2.75, 3.05) is 0 Å². The maximum absolute atomic E-state index is 4.28. The van der Waals surface area contributed by atoms with Gasteiger partial charge in [0.25, 0.3) is 0 Å². The fourth-order valence-corrected chi connectivity index (χ4v) is 1.64. The fraction of sp³-hybridized carbons (Fsp3) is 0. The molecule has 1 aromatic carbocycles. The number of fused-ring (bicyclic) bond motifs is 3. The zero-order chi connectivity index (χ0) is 9.38. The average Bonchev–Trinajstić information content (AvgIpc) is 2.29. The summed E-state index contributed by atoms with van der Waals surface area (Å²) >= 11 is 0. The van der Waals surface area contributed by atoms with Gasteiger partial charge in [-0.2, -0.15) is 12.1 Å². The van der Waals surface area contributed by atoms with Crippen LogP contribution in [0.25, 0.3) is 21.8 Å². The van der Waals surface area contributed by atoms with Crippen molar-refractivity contribution in [2.24, 2.45) is 0 Å². The summed E-state index contributed by atoms with van der Waals surface area (Å²) in [7, 11) is 0. The molecule has 0 atom stereocenters. The molecule has 0 amide bonds. The monoisotopic (exact) mass is 242 g/mol. The van der Waals surface area contributed by atoms with E-state index in [1.54, 1.807) is 6.20 Å². The first-order valence-corrected chi connectivity index (χ1v) is 4.46. The molecule has 0 saturated heterocycles. The molecule has 0 fully saturated rings. The summed E-state index contributed by atoms with van der Waals surface area (Å²) in [6.45, 7) is 0. The predicted octanol–water partition coefficient (Wildman–Crippen LogP) is 2.58. The van der Waals surface area contributed by atoms with Gasteiger partial charge in [0.05, 0.1) is 5.52 Å². The minimum Gasteiger partial charge on any atom is -0.385 e. The van der Waals surface area contributed by atoms with Crippen molar-refractivity contribution in [3.05, 3.63) is 48.8 Å². The van der Waals surface area contributed by atoms with Crippen LogP contribution in [0.4, 0.5) is 0 Å². The Hall–Kier alpha value is -1.44. The number of hydrogen-bond acceptors (Lipinski definition) is 2. The van der Waals surface area contributed by atoms with Gasteiger partial charge in [-0.25, -0.2) is 0 Å². The van der Waals surface area contributed by atoms with Crippen molar-refractivity contribution in [1.29, 1.82) is 0 Å². The quantitative estimate of drug-likeness (QED) is 0.344. The van der Waals surface area contributed by atoms with E-state index in [1.165, 1.54) is 0 Å². The molecule has 76 valence electrons. The zero-order valence-electron chi connectivity index (χ0n) is 7.74. The second-order valence-electron chi connectivity index (χ2n) is 3.15. The number of aromatic nitrogens is 2. The third kappa shape index (κ3) is 1.60. The number of nitrogens with zero attached hydrogens (tertiary/aromatic N) is 2. The first kappa shape index (κ1) is 10.1. The summed E-state index contributed by atoms with van der Waals surface area (Å²) in [5, 5.41) is 2.21. The Labute approximate surface area is 97.8 Å². The summed E-state index contributed by atoms with van der Waals surface area (Å²) < 4.78 is 0. The Morgan fingerprint density at radius 1 is 1.07 bits per heavy atom. The molecular formula is C12H7CuN2. The van der Waals surface area contributed by atoms with E-state index in [-0.39, 0.29) is 17.1 Å². The smallest absolute Gasteiger partial charge is 0.385 e. The molecule has 3 aromatic rings. The van der Waals surface area contributed by atoms with Crippen LogP contribution >= 0.6 is 0 Å². The van der Waals surface area contributed by atoms with E-state index in [0.717, 1.165) is 21.8 Å². The molecule has 0 aliphatic carbocycles. The van der Waals surface area contributed by atoms with Crippen molar-refractivity contribution in [2.45, 2.75) is 0 Å². The topological polar surface area (TPSA) is 25.8 Å². The van der Waals surface area contributed by atoms with Crippen molar-refractivity contribution in [3.63, 3.8) is 0 Å². The molecule has 2 heterocycles. The van der Waals surface area contributed by atoms with Crippen LogP contribution in [-0.2, 0) is 17.1 Å². The van der Waals surface area contributed by atoms with Gasteiger partial charge >= 0.3 is 17.1 Å². The van der Waals surface area contributed by atoms with E-state index in [0.29, 0.717) is 0 Å². The van der Waals surface area contributed by atoms with Gasteiger partial charge in [0.2, 0.25) is 0 Å². The van der Waals surface area contributed by atoms with Crippen LogP contribution in [0.15, 0.2) is 42.6 Å². The molecule has 2 nitrogen and oxygen atoms in total. The van der Waals surface area contributed by atoms with Gasteiger partial charge in [-0.15, -0.1) is 5.39 Å². The van der Waals surface area contributed by atoms with Gasteiger partial charge < -0.3 is 4.98 Å². The molecular weight excluding hydrogens is 236 g/mol. The molecule has 2 aromatic heterocycles. The Balaban J connectivity index is 0.000000853. The molecule has 3 heteroatoms. The number of rotatable bonds is 0. The number of hydrogen-bond donors (Lipinski definition) is 0. The first-order chi connectivity index (χ1) is 6.95. The molecule has 0 aliphatic heterocycles. The maximum atomic E-state index is 4.28. The Morgan fingerprint density at radius 2 is 2.00 bits per heavy atom. The standard InChI is InChI=1S/C12H7N2.Cu/c1-3-9-5-6-11-10(4-2-7-13-11)12(9)14-8-1;/h1-7H;/q-1;+1. The number of benzene rings is 1. The molecule has 0 radical (unpaired) electrons. The summed E-state index contributed by atoms with van der Waals surface area (Å²) in [6.07, 6.45) is 4.64. The Bertz CT molecular complexity index is 553. The summed E-state index contributed by atoms with van der Waals surface area (Å²) in [4.78, 5) is 8.52. The van der Waals surface area contributed by atoms with Crippen molar-refractivity contribution in [3.8, 4) is 0 Å². The SMILES string of the molecule is [Cu+].[c-]1ccc2ccc3ncccc3c2n1. The van der Waals surface area contributed by atoms with Crippen LogP contribution in [0.2, 0.25) is 0 Å². The van der Waals surface area contributed by atoms with Crippen LogP contribution in [0.3, 0.4) is 0 Å². The van der Waals surface area contributed by atoms with Gasteiger partial charge in [-0.05, 0) is 23.0 Å². The molecule has 0 unspecified atom stereocenters. The maximum Gasteiger partial charge on any atom is 1.00 e. The van der Waals surface area contributed by atoms with Crippen molar-refractivity contribution >= 4 is 21.8 Å². The largest absolute Gasteiger partial charge is 1.00 e. The third-order valence-electron chi connectivity index (χ3n) is 2.30. The summed E-state index contributed by atoms with van der Waals surface area (Å²) in [6, 6.07) is 11.8. The van der Waals surface area contributed by atoms with Gasteiger partial charge in [-0.3, -0.25) is 4.98 Å². The van der Waals surface area contributed by atoms with Crippen LogP contribution in [0, 0.1) is 6.20 Å². The second-order valence-corrected chi connectivity index (χ2v) is 3.15. The van der Waals surface area contributed by atoms with E-state index < -0.39 is 0 Å². The predicted molar refractivity (Wildman–Crippen MR) is 55.9 cm³/mol. The van der Waals surface area contributed by atoms with E-state index >= 15 is 0 Å². The molecule has 3 rings (SSSR count). The summed E-state index contributed by atoms with van der Waals surface area (Å²) in [5.74, 6) is 0. The van der Waals surface area contributed by atoms with E-state index in [4.69, 9.17) is 0 Å². The van der Waals surface area contributed by atoms with Crippen LogP contribution in [-0.4, -0.2) is 9.97 Å². The molecule has 0 spiro atoms. The Morgan fingerprint density at radius 3 is 2.93 bits per heavy atom. The summed E-state index contributed by atoms with van der Waals surface area (Å²) in [5.41, 5.74) is 1.95. The third-order valence-corrected chi connectivity index (χ3v) is 2.30. The normalized spacial score (nSPS) is 10.1. The van der Waals surface area contributed by atoms with Gasteiger partial charge in [0, 0.05) is 6.20 Å². The molecule has 0 N–H and O–H groups in total. The minimum atomic E-state index is 0. The first-order valence-electron chi connectivity index (χ1n) is 4.46. The van der Waals surface area contributed by atoms with E-state index in [2.05, 4.69) is 16.2 Å².